The van der Waals surface area contributed by atoms with Crippen LogP contribution in [0.4, 0.5) is 5.95 Å². The van der Waals surface area contributed by atoms with Crippen molar-refractivity contribution in [1.29, 1.82) is 0 Å². The highest BCUT2D eigenvalue weighted by Crippen LogP contribution is 2.41. The van der Waals surface area contributed by atoms with E-state index in [0.717, 1.165) is 31.5 Å². The first-order valence-corrected chi connectivity index (χ1v) is 10.5. The zero-order valence-corrected chi connectivity index (χ0v) is 17.6. The molecule has 1 spiro atoms. The number of nitrogens with zero attached hydrogens (tertiary/aromatic N) is 5. The molecule has 160 valence electrons. The molecule has 2 saturated heterocycles. The Bertz CT molecular complexity index is 1230. The van der Waals surface area contributed by atoms with Gasteiger partial charge in [-0.15, -0.1) is 0 Å². The molecule has 2 aliphatic rings. The Kier molecular flexibility index (Phi) is 4.76. The Morgan fingerprint density at radius 1 is 1.32 bits per heavy atom. The second-order valence-corrected chi connectivity index (χ2v) is 8.45. The molecule has 0 aliphatic carbocycles. The van der Waals surface area contributed by atoms with Crippen molar-refractivity contribution < 1.29 is 4.74 Å². The van der Waals surface area contributed by atoms with E-state index in [9.17, 15) is 4.79 Å². The first kappa shape index (κ1) is 19.7. The van der Waals surface area contributed by atoms with Gasteiger partial charge in [0.15, 0.2) is 11.3 Å². The van der Waals surface area contributed by atoms with Crippen LogP contribution in [0, 0.1) is 17.3 Å². The van der Waals surface area contributed by atoms with Gasteiger partial charge in [0, 0.05) is 49.6 Å². The number of H-pyrrole nitrogens is 1. The number of anilines is 1. The number of rotatable bonds is 1. The van der Waals surface area contributed by atoms with Crippen LogP contribution in [0.2, 0.25) is 0 Å². The molecule has 5 heterocycles. The molecule has 0 saturated carbocycles. The summed E-state index contributed by atoms with van der Waals surface area (Å²) >= 11 is 0. The topological polar surface area (TPSA) is 115 Å². The quantitative estimate of drug-likeness (QED) is 0.560. The summed E-state index contributed by atoms with van der Waals surface area (Å²) in [6, 6.07) is 3.71. The van der Waals surface area contributed by atoms with Crippen LogP contribution >= 0.6 is 0 Å². The van der Waals surface area contributed by atoms with Crippen LogP contribution in [0.5, 0.6) is 0 Å². The second-order valence-electron chi connectivity index (χ2n) is 8.45. The SMILES string of the molecule is C[C@@H]1OCC2(CCN(c3nc4[nH]nc(C#Cc5cccnc5)c4c(=O)n3C)CC2)[C@@H]1N. The highest BCUT2D eigenvalue weighted by Gasteiger charge is 2.47. The molecular weight excluding hydrogens is 394 g/mol. The van der Waals surface area contributed by atoms with Gasteiger partial charge in [0.2, 0.25) is 5.95 Å². The van der Waals surface area contributed by atoms with Gasteiger partial charge < -0.3 is 15.4 Å². The van der Waals surface area contributed by atoms with Gasteiger partial charge in [-0.05, 0) is 37.8 Å². The van der Waals surface area contributed by atoms with Crippen LogP contribution in [0.3, 0.4) is 0 Å². The van der Waals surface area contributed by atoms with Gasteiger partial charge in [-0.25, -0.2) is 0 Å². The maximum Gasteiger partial charge on any atom is 0.267 e. The number of pyridine rings is 1. The van der Waals surface area contributed by atoms with E-state index >= 15 is 0 Å². The van der Waals surface area contributed by atoms with Gasteiger partial charge >= 0.3 is 0 Å². The minimum absolute atomic E-state index is 0.0158. The standard InChI is InChI=1S/C22H25N7O2/c1-14-18(23)22(13-31-14)7-10-29(11-8-22)21-25-19-17(20(30)28(21)2)16(26-27-19)6-5-15-4-3-9-24-12-15/h3-4,9,12,14,18H,7-8,10-11,13,23H2,1-2H3,(H,26,27)/t14-,18+/m0/s1. The van der Waals surface area contributed by atoms with Crippen molar-refractivity contribution >= 4 is 17.0 Å². The summed E-state index contributed by atoms with van der Waals surface area (Å²) < 4.78 is 7.40. The number of fused-ring (bicyclic) bond motifs is 1. The Hall–Kier alpha value is -3.22. The zero-order chi connectivity index (χ0) is 21.6. The van der Waals surface area contributed by atoms with E-state index in [0.29, 0.717) is 29.3 Å². The van der Waals surface area contributed by atoms with Crippen molar-refractivity contribution in [2.45, 2.75) is 31.9 Å². The number of hydrogen-bond donors (Lipinski definition) is 2. The lowest BCUT2D eigenvalue weighted by Crippen LogP contribution is -2.51. The van der Waals surface area contributed by atoms with E-state index in [1.807, 2.05) is 19.1 Å². The molecule has 3 aromatic heterocycles. The van der Waals surface area contributed by atoms with Crippen LogP contribution < -0.4 is 16.2 Å². The summed E-state index contributed by atoms with van der Waals surface area (Å²) in [5, 5.41) is 7.50. The molecule has 2 atom stereocenters. The second kappa shape index (κ2) is 7.48. The van der Waals surface area contributed by atoms with Crippen LogP contribution in [-0.2, 0) is 11.8 Å². The number of hydrogen-bond acceptors (Lipinski definition) is 7. The monoisotopic (exact) mass is 419 g/mol. The molecule has 0 aromatic carbocycles. The molecule has 9 heteroatoms. The average Bonchev–Trinajstić information content (AvgIpc) is 3.33. The number of aromatic nitrogens is 5. The fourth-order valence-electron chi connectivity index (χ4n) is 4.62. The van der Waals surface area contributed by atoms with Gasteiger partial charge in [-0.2, -0.15) is 10.1 Å². The van der Waals surface area contributed by atoms with Gasteiger partial charge in [0.25, 0.3) is 5.56 Å². The van der Waals surface area contributed by atoms with Gasteiger partial charge in [-0.1, -0.05) is 5.92 Å². The van der Waals surface area contributed by atoms with Crippen LogP contribution in [0.1, 0.15) is 31.0 Å². The Balaban J connectivity index is 1.44. The summed E-state index contributed by atoms with van der Waals surface area (Å²) in [7, 11) is 1.74. The van der Waals surface area contributed by atoms with E-state index in [4.69, 9.17) is 15.5 Å². The minimum atomic E-state index is -0.168. The Labute approximate surface area is 179 Å². The molecule has 2 fully saturated rings. The molecule has 0 unspecified atom stereocenters. The van der Waals surface area contributed by atoms with Gasteiger partial charge in [-0.3, -0.25) is 19.4 Å². The first-order valence-electron chi connectivity index (χ1n) is 10.5. The van der Waals surface area contributed by atoms with Crippen molar-refractivity contribution in [3.8, 4) is 11.8 Å². The lowest BCUT2D eigenvalue weighted by Gasteiger charge is -2.41. The number of piperidine rings is 1. The molecule has 0 radical (unpaired) electrons. The van der Waals surface area contributed by atoms with Crippen molar-refractivity contribution in [2.24, 2.45) is 18.2 Å². The first-order chi connectivity index (χ1) is 15.0. The zero-order valence-electron chi connectivity index (χ0n) is 17.6. The fraction of sp³-hybridized carbons (Fsp3) is 0.455. The molecule has 5 rings (SSSR count). The van der Waals surface area contributed by atoms with E-state index in [1.54, 1.807) is 24.0 Å². The fourth-order valence-corrected chi connectivity index (χ4v) is 4.62. The van der Waals surface area contributed by atoms with Crippen molar-refractivity contribution in [3.63, 3.8) is 0 Å². The Morgan fingerprint density at radius 3 is 2.81 bits per heavy atom. The molecule has 0 amide bonds. The maximum absolute atomic E-state index is 13.1. The predicted molar refractivity (Wildman–Crippen MR) is 117 cm³/mol. The van der Waals surface area contributed by atoms with Crippen LogP contribution in [0.25, 0.3) is 11.0 Å². The Morgan fingerprint density at radius 2 is 2.13 bits per heavy atom. The summed E-state index contributed by atoms with van der Waals surface area (Å²) in [6.07, 6.45) is 5.27. The van der Waals surface area contributed by atoms with Gasteiger partial charge in [0.1, 0.15) is 5.39 Å². The number of ether oxygens (including phenoxy) is 1. The van der Waals surface area contributed by atoms with Crippen LogP contribution in [-0.4, -0.2) is 56.6 Å². The summed E-state index contributed by atoms with van der Waals surface area (Å²) in [5.74, 6) is 6.59. The van der Waals surface area contributed by atoms with E-state index < -0.39 is 0 Å². The minimum Gasteiger partial charge on any atom is -0.376 e. The van der Waals surface area contributed by atoms with E-state index in [1.165, 1.54) is 0 Å². The van der Waals surface area contributed by atoms with E-state index in [2.05, 4.69) is 31.9 Å². The molecule has 3 aromatic rings. The van der Waals surface area contributed by atoms with Crippen molar-refractivity contribution in [1.82, 2.24) is 24.7 Å². The van der Waals surface area contributed by atoms with Crippen LogP contribution in [0.15, 0.2) is 29.3 Å². The molecule has 3 N–H and O–H groups in total. The number of nitrogens with two attached hydrogens (primary N) is 1. The molecule has 0 bridgehead atoms. The molecular formula is C22H25N7O2. The smallest absolute Gasteiger partial charge is 0.267 e. The summed E-state index contributed by atoms with van der Waals surface area (Å²) in [4.78, 5) is 24.0. The number of aromatic amines is 1. The summed E-state index contributed by atoms with van der Waals surface area (Å²) in [5.41, 5.74) is 7.87. The highest BCUT2D eigenvalue weighted by molar-refractivity contribution is 5.81. The lowest BCUT2D eigenvalue weighted by molar-refractivity contribution is 0.0973. The normalized spacial score (nSPS) is 22.6. The van der Waals surface area contributed by atoms with Crippen molar-refractivity contribution in [3.05, 3.63) is 46.1 Å². The summed E-state index contributed by atoms with van der Waals surface area (Å²) in [6.45, 7) is 4.29. The van der Waals surface area contributed by atoms with Crippen molar-refractivity contribution in [2.75, 3.05) is 24.6 Å². The third kappa shape index (κ3) is 3.28. The lowest BCUT2D eigenvalue weighted by atomic mass is 9.73. The average molecular weight is 419 g/mol. The number of nitrogens with one attached hydrogen (secondary N) is 1. The van der Waals surface area contributed by atoms with Gasteiger partial charge in [0.05, 0.1) is 12.7 Å². The third-order valence-corrected chi connectivity index (χ3v) is 6.65. The highest BCUT2D eigenvalue weighted by atomic mass is 16.5. The maximum atomic E-state index is 13.1. The molecule has 9 nitrogen and oxygen atoms in total. The molecule has 31 heavy (non-hydrogen) atoms. The third-order valence-electron chi connectivity index (χ3n) is 6.65. The largest absolute Gasteiger partial charge is 0.376 e. The van der Waals surface area contributed by atoms with E-state index in [-0.39, 0.29) is 23.1 Å². The predicted octanol–water partition coefficient (Wildman–Crippen LogP) is 0.784. The molecule has 2 aliphatic heterocycles.